The third kappa shape index (κ3) is 1.77. The summed E-state index contributed by atoms with van der Waals surface area (Å²) in [5.74, 6) is 1.51. The summed E-state index contributed by atoms with van der Waals surface area (Å²) in [6.07, 6.45) is 9.31. The van der Waals surface area contributed by atoms with Gasteiger partial charge < -0.3 is 0 Å². The number of Topliss-reactive ketones (excluding diaryl/α,β-unsaturated/α-hetero) is 2. The van der Waals surface area contributed by atoms with Crippen LogP contribution in [0.4, 0.5) is 0 Å². The van der Waals surface area contributed by atoms with Gasteiger partial charge in [0.2, 0.25) is 0 Å². The second-order valence-electron chi connectivity index (χ2n) is 10.5. The van der Waals surface area contributed by atoms with Crippen molar-refractivity contribution in [1.29, 1.82) is 0 Å². The zero-order valence-electron chi connectivity index (χ0n) is 16.7. The monoisotopic (exact) mass is 340 g/mol. The zero-order valence-corrected chi connectivity index (χ0v) is 16.7. The average molecular weight is 341 g/mol. The van der Waals surface area contributed by atoms with Crippen molar-refractivity contribution >= 4 is 11.6 Å². The van der Waals surface area contributed by atoms with Crippen LogP contribution < -0.4 is 0 Å². The molecule has 4 atom stereocenters. The second-order valence-corrected chi connectivity index (χ2v) is 10.5. The van der Waals surface area contributed by atoms with Crippen molar-refractivity contribution in [3.05, 3.63) is 23.3 Å². The van der Waals surface area contributed by atoms with E-state index in [-0.39, 0.29) is 21.7 Å². The fourth-order valence-electron chi connectivity index (χ4n) is 6.64. The Bertz CT molecular complexity index is 673. The summed E-state index contributed by atoms with van der Waals surface area (Å²) in [5, 5.41) is 0. The zero-order chi connectivity index (χ0) is 18.4. The molecule has 4 aliphatic carbocycles. The average Bonchev–Trinajstić information content (AvgIpc) is 3.01. The van der Waals surface area contributed by atoms with Gasteiger partial charge in [0.05, 0.1) is 0 Å². The summed E-state index contributed by atoms with van der Waals surface area (Å²) in [5.41, 5.74) is 1.85. The van der Waals surface area contributed by atoms with Gasteiger partial charge in [-0.3, -0.25) is 9.59 Å². The number of ketones is 2. The van der Waals surface area contributed by atoms with Gasteiger partial charge in [0.1, 0.15) is 0 Å². The van der Waals surface area contributed by atoms with Crippen LogP contribution in [0.15, 0.2) is 23.3 Å². The van der Waals surface area contributed by atoms with E-state index in [2.05, 4.69) is 53.7 Å². The minimum absolute atomic E-state index is 0.0702. The molecule has 0 aromatic rings. The summed E-state index contributed by atoms with van der Waals surface area (Å²) in [7, 11) is 0. The number of hydrogen-bond donors (Lipinski definition) is 0. The van der Waals surface area contributed by atoms with Gasteiger partial charge >= 0.3 is 0 Å². The summed E-state index contributed by atoms with van der Waals surface area (Å²) >= 11 is 0. The molecule has 25 heavy (non-hydrogen) atoms. The molecule has 0 unspecified atom stereocenters. The first-order valence-corrected chi connectivity index (χ1v) is 9.98. The summed E-state index contributed by atoms with van der Waals surface area (Å²) in [4.78, 5) is 25.8. The first kappa shape index (κ1) is 17.2. The fraction of sp³-hybridized carbons (Fsp3) is 0.739. The lowest BCUT2D eigenvalue weighted by Crippen LogP contribution is -2.32. The highest BCUT2D eigenvalue weighted by Gasteiger charge is 2.64. The van der Waals surface area contributed by atoms with E-state index in [0.29, 0.717) is 23.4 Å². The van der Waals surface area contributed by atoms with Crippen LogP contribution in [0.2, 0.25) is 0 Å². The maximum absolute atomic E-state index is 12.9. The van der Waals surface area contributed by atoms with Crippen molar-refractivity contribution < 1.29 is 9.59 Å². The van der Waals surface area contributed by atoms with Gasteiger partial charge in [-0.1, -0.05) is 53.7 Å². The van der Waals surface area contributed by atoms with E-state index in [4.69, 9.17) is 0 Å². The Kier molecular flexibility index (Phi) is 3.28. The second kappa shape index (κ2) is 4.75. The molecular weight excluding hydrogens is 308 g/mol. The highest BCUT2D eigenvalue weighted by molar-refractivity contribution is 6.05. The molecule has 0 saturated heterocycles. The highest BCUT2D eigenvalue weighted by atomic mass is 16.1. The molecule has 4 fully saturated rings. The van der Waals surface area contributed by atoms with E-state index in [1.807, 2.05) is 0 Å². The fourth-order valence-corrected chi connectivity index (χ4v) is 6.64. The number of fused-ring (bicyclic) bond motifs is 4. The van der Waals surface area contributed by atoms with E-state index in [1.54, 1.807) is 0 Å². The molecule has 4 saturated carbocycles. The predicted molar refractivity (Wildman–Crippen MR) is 100 cm³/mol. The quantitative estimate of drug-likeness (QED) is 0.641. The van der Waals surface area contributed by atoms with Crippen LogP contribution in [0.1, 0.15) is 73.6 Å². The lowest BCUT2D eigenvalue weighted by molar-refractivity contribution is -0.126. The van der Waals surface area contributed by atoms with Gasteiger partial charge in [-0.2, -0.15) is 0 Å². The number of allylic oxidation sites excluding steroid dienone is 4. The van der Waals surface area contributed by atoms with Crippen molar-refractivity contribution in [1.82, 2.24) is 0 Å². The number of rotatable bonds is 2. The van der Waals surface area contributed by atoms with E-state index in [9.17, 15) is 9.59 Å². The van der Waals surface area contributed by atoms with E-state index < -0.39 is 0 Å². The lowest BCUT2D eigenvalue weighted by Gasteiger charge is -2.31. The van der Waals surface area contributed by atoms with E-state index >= 15 is 0 Å². The number of carbonyl (C=O) groups is 2. The Balaban J connectivity index is 1.60. The molecule has 0 aromatic carbocycles. The van der Waals surface area contributed by atoms with E-state index in [1.165, 1.54) is 0 Å². The molecule has 0 radical (unpaired) electrons. The maximum Gasteiger partial charge on any atom is 0.165 e. The molecule has 136 valence electrons. The smallest absolute Gasteiger partial charge is 0.165 e. The SMILES string of the molecule is CC1(C)[C@@H]2CC[C@@]1(C)C(=O)/C2=C\C/C=C1\C(=O)[C@]2(C)CC[C@@H]1C2(C)C. The predicted octanol–water partition coefficient (Wildman–Crippen LogP) is 5.28. The Morgan fingerprint density at radius 1 is 0.760 bits per heavy atom. The van der Waals surface area contributed by atoms with Crippen LogP contribution in [0.5, 0.6) is 0 Å². The van der Waals surface area contributed by atoms with Gasteiger partial charge in [0, 0.05) is 10.8 Å². The summed E-state index contributed by atoms with van der Waals surface area (Å²) in [6, 6.07) is 0. The number of carbonyl (C=O) groups excluding carboxylic acids is 2. The Morgan fingerprint density at radius 2 is 1.12 bits per heavy atom. The molecule has 0 heterocycles. The molecule has 4 aliphatic rings. The molecule has 4 rings (SSSR count). The van der Waals surface area contributed by atoms with Crippen LogP contribution in [-0.2, 0) is 9.59 Å². The van der Waals surface area contributed by atoms with Crippen molar-refractivity contribution in [3.63, 3.8) is 0 Å². The standard InChI is InChI=1S/C23H32O2/c1-20(2)16-10-12-22(20,5)18(24)14(16)8-7-9-15-17-11-13-23(6,19(15)25)21(17,3)4/h8-9,16-17H,7,10-13H2,1-6H3/b14-8-,15-9-/t16-,17+,22-,23-/m0/s1. The Hall–Kier alpha value is -1.18. The van der Waals surface area contributed by atoms with Crippen molar-refractivity contribution in [2.45, 2.75) is 73.6 Å². The molecule has 0 aliphatic heterocycles. The van der Waals surface area contributed by atoms with Gasteiger partial charge in [-0.15, -0.1) is 0 Å². The minimum Gasteiger partial charge on any atom is -0.294 e. The lowest BCUT2D eigenvalue weighted by atomic mass is 9.70. The van der Waals surface area contributed by atoms with Crippen LogP contribution in [-0.4, -0.2) is 11.6 Å². The molecule has 0 amide bonds. The molecule has 2 heteroatoms. The summed E-state index contributed by atoms with van der Waals surface area (Å²) < 4.78 is 0. The number of hydrogen-bond acceptors (Lipinski definition) is 2. The first-order chi connectivity index (χ1) is 11.5. The molecular formula is C23H32O2. The van der Waals surface area contributed by atoms with Crippen molar-refractivity contribution in [3.8, 4) is 0 Å². The van der Waals surface area contributed by atoms with Gasteiger partial charge in [0.15, 0.2) is 11.6 Å². The molecule has 2 nitrogen and oxygen atoms in total. The van der Waals surface area contributed by atoms with Crippen molar-refractivity contribution in [2.24, 2.45) is 33.5 Å². The summed E-state index contributed by atoms with van der Waals surface area (Å²) in [6.45, 7) is 13.3. The van der Waals surface area contributed by atoms with Crippen LogP contribution in [0, 0.1) is 33.5 Å². The van der Waals surface area contributed by atoms with Gasteiger partial charge in [-0.05, 0) is 65.9 Å². The molecule has 4 bridgehead atoms. The normalized spacial score (nSPS) is 46.8. The molecule has 0 spiro atoms. The Labute approximate surface area is 152 Å². The largest absolute Gasteiger partial charge is 0.294 e. The topological polar surface area (TPSA) is 34.1 Å². The van der Waals surface area contributed by atoms with Gasteiger partial charge in [0.25, 0.3) is 0 Å². The van der Waals surface area contributed by atoms with E-state index in [0.717, 1.165) is 43.3 Å². The van der Waals surface area contributed by atoms with Crippen LogP contribution in [0.3, 0.4) is 0 Å². The molecule has 0 N–H and O–H groups in total. The Morgan fingerprint density at radius 3 is 1.40 bits per heavy atom. The third-order valence-electron chi connectivity index (χ3n) is 9.41. The van der Waals surface area contributed by atoms with Gasteiger partial charge in [-0.25, -0.2) is 0 Å². The highest BCUT2D eigenvalue weighted by Crippen LogP contribution is 2.66. The first-order valence-electron chi connectivity index (χ1n) is 9.98. The third-order valence-corrected chi connectivity index (χ3v) is 9.41. The van der Waals surface area contributed by atoms with Crippen LogP contribution >= 0.6 is 0 Å². The maximum atomic E-state index is 12.9. The van der Waals surface area contributed by atoms with Crippen LogP contribution in [0.25, 0.3) is 0 Å². The molecule has 0 aromatic heterocycles. The van der Waals surface area contributed by atoms with Crippen molar-refractivity contribution in [2.75, 3.05) is 0 Å². The minimum atomic E-state index is -0.186.